The fourth-order valence-corrected chi connectivity index (χ4v) is 7.43. The number of carbonyl (C=O) groups is 3. The highest BCUT2D eigenvalue weighted by atomic mass is 16.6. The Labute approximate surface area is 411 Å². The van der Waals surface area contributed by atoms with Crippen molar-refractivity contribution in [1.82, 2.24) is 0 Å². The van der Waals surface area contributed by atoms with Crippen LogP contribution in [0.15, 0.2) is 97.2 Å². The van der Waals surface area contributed by atoms with E-state index in [4.69, 9.17) is 14.2 Å². The van der Waals surface area contributed by atoms with Crippen molar-refractivity contribution in [2.75, 3.05) is 41.0 Å². The molecule has 0 amide bonds. The third kappa shape index (κ3) is 47.1. The molecule has 0 bridgehead atoms. The Balaban J connectivity index is 4.27. The summed E-state index contributed by atoms with van der Waals surface area (Å²) in [5.41, 5.74) is 0. The van der Waals surface area contributed by atoms with Crippen LogP contribution in [0.4, 0.5) is 0 Å². The van der Waals surface area contributed by atoms with Crippen LogP contribution in [-0.2, 0) is 28.6 Å². The molecule has 0 aromatic carbocycles. The number of carboxylic acids is 1. The largest absolute Gasteiger partial charge is 0.477 e. The van der Waals surface area contributed by atoms with E-state index in [9.17, 15) is 19.5 Å². The lowest BCUT2D eigenvalue weighted by molar-refractivity contribution is -0.887. The van der Waals surface area contributed by atoms with Crippen molar-refractivity contribution in [3.63, 3.8) is 0 Å². The van der Waals surface area contributed by atoms with Crippen LogP contribution in [0.1, 0.15) is 206 Å². The number of ether oxygens (including phenoxy) is 3. The fourth-order valence-electron chi connectivity index (χ4n) is 7.43. The number of quaternary nitrogens is 1. The fraction of sp³-hybridized carbons (Fsp3) is 0.678. The smallest absolute Gasteiger partial charge is 0.362 e. The zero-order valence-electron chi connectivity index (χ0n) is 43.6. The molecule has 0 aromatic heterocycles. The molecular formula is C59H100NO7+. The van der Waals surface area contributed by atoms with Gasteiger partial charge in [-0.2, -0.15) is 0 Å². The predicted octanol–water partition coefficient (Wildman–Crippen LogP) is 15.8. The number of aliphatic carboxylic acids is 1. The van der Waals surface area contributed by atoms with E-state index in [1.54, 1.807) is 0 Å². The summed E-state index contributed by atoms with van der Waals surface area (Å²) in [6.45, 7) is 4.50. The number of unbranched alkanes of at least 4 members (excludes halogenated alkanes) is 17. The number of allylic oxidation sites excluding steroid dienone is 16. The van der Waals surface area contributed by atoms with Crippen molar-refractivity contribution in [2.45, 2.75) is 219 Å². The summed E-state index contributed by atoms with van der Waals surface area (Å²) in [4.78, 5) is 37.2. The topological polar surface area (TPSA) is 99.1 Å². The van der Waals surface area contributed by atoms with Gasteiger partial charge in [0.2, 0.25) is 0 Å². The number of hydrogen-bond acceptors (Lipinski definition) is 6. The van der Waals surface area contributed by atoms with Crippen LogP contribution < -0.4 is 0 Å². The molecule has 2 unspecified atom stereocenters. The van der Waals surface area contributed by atoms with E-state index in [0.29, 0.717) is 19.3 Å². The average Bonchev–Trinajstić information content (AvgIpc) is 3.29. The van der Waals surface area contributed by atoms with Gasteiger partial charge in [-0.25, -0.2) is 4.79 Å². The molecule has 382 valence electrons. The molecule has 0 aliphatic rings. The summed E-state index contributed by atoms with van der Waals surface area (Å²) in [6.07, 6.45) is 66.0. The molecule has 0 aliphatic heterocycles. The van der Waals surface area contributed by atoms with Gasteiger partial charge < -0.3 is 23.8 Å². The summed E-state index contributed by atoms with van der Waals surface area (Å²) in [6, 6.07) is -0.623. The quantitative estimate of drug-likeness (QED) is 0.0281. The first-order valence-electron chi connectivity index (χ1n) is 26.8. The van der Waals surface area contributed by atoms with Crippen molar-refractivity contribution in [1.29, 1.82) is 0 Å². The van der Waals surface area contributed by atoms with Gasteiger partial charge >= 0.3 is 17.9 Å². The molecule has 0 radical (unpaired) electrons. The second kappa shape index (κ2) is 48.7. The lowest BCUT2D eigenvalue weighted by atomic mass is 10.0. The van der Waals surface area contributed by atoms with Crippen molar-refractivity contribution < 1.29 is 38.2 Å². The molecule has 2 atom stereocenters. The molecule has 8 nitrogen and oxygen atoms in total. The number of carboxylic acid groups (broad SMARTS) is 1. The number of esters is 2. The number of nitrogens with zero attached hydrogens (tertiary/aromatic N) is 1. The lowest BCUT2D eigenvalue weighted by Gasteiger charge is -2.31. The van der Waals surface area contributed by atoms with Gasteiger partial charge in [0.15, 0.2) is 12.1 Å². The molecule has 0 aliphatic carbocycles. The first kappa shape index (κ1) is 63.2. The molecule has 0 heterocycles. The van der Waals surface area contributed by atoms with Crippen LogP contribution in [0.5, 0.6) is 0 Å². The normalized spacial score (nSPS) is 13.6. The minimum absolute atomic E-state index is 0.0502. The summed E-state index contributed by atoms with van der Waals surface area (Å²) in [5, 5.41) is 9.67. The Bertz CT molecular complexity index is 1410. The van der Waals surface area contributed by atoms with Gasteiger partial charge in [0.1, 0.15) is 6.61 Å². The SMILES string of the molecule is CC/C=C/C/C=C/C/C=C/C/C=C/C/C=C/CCCCCCCCC(=O)OCC(COCCC(C(=O)O)[N+](C)(C)C)OC(=O)CCCCCCCCCCCCC/C=C/C/C=C/C/C=C/CC. The standard InChI is InChI=1S/C59H99NO7/c1-6-8-10-12-14-16-18-20-22-24-26-28-30-31-33-35-37-39-41-43-45-47-49-57(61)66-54-55(53-65-52-51-56(59(63)64)60(3,4)5)67-58(62)50-48-46-44-42-40-38-36-34-32-29-27-25-23-21-19-17-15-13-11-9-7-2/h8-11,14-17,20-23,26,28,31,33,55-56H,6-7,12-13,18-19,24-25,27,29-30,32,34-54H2,1-5H3/p+1/b10-8+,11-9+,16-14+,17-15+,22-20+,23-21+,28-26+,33-31+. The number of hydrogen-bond donors (Lipinski definition) is 1. The van der Waals surface area contributed by atoms with Crippen molar-refractivity contribution >= 4 is 17.9 Å². The zero-order valence-corrected chi connectivity index (χ0v) is 43.6. The van der Waals surface area contributed by atoms with Gasteiger partial charge in [0, 0.05) is 19.3 Å². The van der Waals surface area contributed by atoms with E-state index in [1.165, 1.54) is 70.6 Å². The Morgan fingerprint density at radius 3 is 1.16 bits per heavy atom. The average molecular weight is 935 g/mol. The van der Waals surface area contributed by atoms with Crippen molar-refractivity contribution in [3.8, 4) is 0 Å². The molecule has 1 N–H and O–H groups in total. The number of likely N-dealkylation sites (N-methyl/N-ethyl adjacent to an activating group) is 1. The van der Waals surface area contributed by atoms with E-state index >= 15 is 0 Å². The number of rotatable bonds is 47. The maximum Gasteiger partial charge on any atom is 0.362 e. The molecule has 8 heteroatoms. The molecule has 67 heavy (non-hydrogen) atoms. The number of carbonyl (C=O) groups excluding carboxylic acids is 2. The Morgan fingerprint density at radius 2 is 0.791 bits per heavy atom. The highest BCUT2D eigenvalue weighted by Crippen LogP contribution is 2.15. The van der Waals surface area contributed by atoms with E-state index in [0.717, 1.165) is 103 Å². The first-order chi connectivity index (χ1) is 32.6. The Hall–Kier alpha value is -3.75. The van der Waals surface area contributed by atoms with Crippen LogP contribution in [0, 0.1) is 0 Å². The molecular weight excluding hydrogens is 835 g/mol. The second-order valence-electron chi connectivity index (χ2n) is 18.7. The van der Waals surface area contributed by atoms with Crippen LogP contribution in [0.3, 0.4) is 0 Å². The molecule has 0 aromatic rings. The second-order valence-corrected chi connectivity index (χ2v) is 18.7. The van der Waals surface area contributed by atoms with Crippen LogP contribution >= 0.6 is 0 Å². The Morgan fingerprint density at radius 1 is 0.448 bits per heavy atom. The zero-order chi connectivity index (χ0) is 49.2. The third-order valence-electron chi connectivity index (χ3n) is 11.5. The third-order valence-corrected chi connectivity index (χ3v) is 11.5. The van der Waals surface area contributed by atoms with Crippen LogP contribution in [0.2, 0.25) is 0 Å². The van der Waals surface area contributed by atoms with E-state index < -0.39 is 18.1 Å². The predicted molar refractivity (Wildman–Crippen MR) is 284 cm³/mol. The van der Waals surface area contributed by atoms with Crippen molar-refractivity contribution in [3.05, 3.63) is 97.2 Å². The highest BCUT2D eigenvalue weighted by Gasteiger charge is 2.31. The van der Waals surface area contributed by atoms with Gasteiger partial charge in [-0.15, -0.1) is 0 Å². The Kier molecular flexibility index (Phi) is 46.0. The maximum atomic E-state index is 12.8. The molecule has 0 spiro atoms. The first-order valence-corrected chi connectivity index (χ1v) is 26.8. The molecule has 0 rings (SSSR count). The summed E-state index contributed by atoms with van der Waals surface area (Å²) in [5.74, 6) is -1.49. The molecule has 0 saturated heterocycles. The van der Waals surface area contributed by atoms with Crippen LogP contribution in [0.25, 0.3) is 0 Å². The van der Waals surface area contributed by atoms with Gasteiger partial charge in [0.05, 0.1) is 34.4 Å². The summed E-state index contributed by atoms with van der Waals surface area (Å²) >= 11 is 0. The highest BCUT2D eigenvalue weighted by molar-refractivity contribution is 5.72. The van der Waals surface area contributed by atoms with E-state index in [2.05, 4.69) is 111 Å². The van der Waals surface area contributed by atoms with Gasteiger partial charge in [0.25, 0.3) is 0 Å². The van der Waals surface area contributed by atoms with E-state index in [1.807, 2.05) is 21.1 Å². The van der Waals surface area contributed by atoms with E-state index in [-0.39, 0.29) is 36.2 Å². The summed E-state index contributed by atoms with van der Waals surface area (Å²) in [7, 11) is 5.53. The minimum Gasteiger partial charge on any atom is -0.477 e. The van der Waals surface area contributed by atoms with Crippen molar-refractivity contribution in [2.24, 2.45) is 0 Å². The van der Waals surface area contributed by atoms with Gasteiger partial charge in [-0.05, 0) is 89.9 Å². The lowest BCUT2D eigenvalue weighted by Crippen LogP contribution is -2.50. The van der Waals surface area contributed by atoms with Gasteiger partial charge in [-0.1, -0.05) is 195 Å². The maximum absolute atomic E-state index is 12.8. The molecule has 0 fully saturated rings. The monoisotopic (exact) mass is 935 g/mol. The molecule has 0 saturated carbocycles. The van der Waals surface area contributed by atoms with Crippen LogP contribution in [-0.4, -0.2) is 80.6 Å². The minimum atomic E-state index is -0.880. The van der Waals surface area contributed by atoms with Gasteiger partial charge in [-0.3, -0.25) is 9.59 Å². The summed E-state index contributed by atoms with van der Waals surface area (Å²) < 4.78 is 17.4.